The highest BCUT2D eigenvalue weighted by Gasteiger charge is 2.39. The predicted molar refractivity (Wildman–Crippen MR) is 92.7 cm³/mol. The fraction of sp³-hybridized carbons (Fsp3) is 0.529. The fourth-order valence-electron chi connectivity index (χ4n) is 2.91. The number of likely N-dealkylation sites (tertiary alicyclic amines) is 1. The Kier molecular flexibility index (Phi) is 5.94. The number of nitrogens with zero attached hydrogens (tertiary/aromatic N) is 1. The third-order valence-corrected chi connectivity index (χ3v) is 4.62. The zero-order valence-corrected chi connectivity index (χ0v) is 14.7. The molecule has 0 saturated carbocycles. The van der Waals surface area contributed by atoms with Crippen LogP contribution in [0.15, 0.2) is 18.2 Å². The lowest BCUT2D eigenvalue weighted by Crippen LogP contribution is -2.48. The molecule has 132 valence electrons. The van der Waals surface area contributed by atoms with E-state index in [0.717, 1.165) is 5.69 Å². The number of anilines is 1. The summed E-state index contributed by atoms with van der Waals surface area (Å²) in [5.74, 6) is -0.235. The van der Waals surface area contributed by atoms with Crippen LogP contribution in [-0.2, 0) is 9.59 Å². The summed E-state index contributed by atoms with van der Waals surface area (Å²) in [7, 11) is 1.57. The number of hydrogen-bond donors (Lipinski definition) is 2. The van der Waals surface area contributed by atoms with E-state index in [-0.39, 0.29) is 18.9 Å². The lowest BCUT2D eigenvalue weighted by Gasteiger charge is -2.37. The average molecular weight is 355 g/mol. The van der Waals surface area contributed by atoms with E-state index >= 15 is 0 Å². The maximum atomic E-state index is 12.4. The number of aliphatic carboxylic acids is 1. The van der Waals surface area contributed by atoms with Crippen molar-refractivity contribution >= 4 is 29.2 Å². The second-order valence-corrected chi connectivity index (χ2v) is 6.74. The minimum Gasteiger partial charge on any atom is -0.495 e. The largest absolute Gasteiger partial charge is 0.495 e. The number of methoxy groups -OCH3 is 1. The van der Waals surface area contributed by atoms with Gasteiger partial charge in [0.2, 0.25) is 5.91 Å². The standard InChI is InChI=1S/C17H23ClN2O4/c1-17(16(22)23)7-3-9-20(11-17)15(21)6-8-19-13-10-12(18)4-5-14(13)24-2/h4-5,10,19H,3,6-9,11H2,1-2H3,(H,22,23). The van der Waals surface area contributed by atoms with Crippen LogP contribution in [0.4, 0.5) is 5.69 Å². The van der Waals surface area contributed by atoms with Crippen molar-refractivity contribution in [3.8, 4) is 5.75 Å². The summed E-state index contributed by atoms with van der Waals surface area (Å²) in [4.78, 5) is 25.4. The van der Waals surface area contributed by atoms with Crippen LogP contribution in [0, 0.1) is 5.41 Å². The summed E-state index contributed by atoms with van der Waals surface area (Å²) < 4.78 is 5.25. The Morgan fingerprint density at radius 3 is 2.88 bits per heavy atom. The first kappa shape index (κ1) is 18.4. The van der Waals surface area contributed by atoms with Crippen LogP contribution in [0.25, 0.3) is 0 Å². The van der Waals surface area contributed by atoms with E-state index in [9.17, 15) is 14.7 Å². The van der Waals surface area contributed by atoms with Gasteiger partial charge >= 0.3 is 5.97 Å². The number of nitrogens with one attached hydrogen (secondary N) is 1. The van der Waals surface area contributed by atoms with E-state index in [1.165, 1.54) is 0 Å². The van der Waals surface area contributed by atoms with Crippen LogP contribution in [0.2, 0.25) is 5.02 Å². The molecule has 1 aliphatic heterocycles. The van der Waals surface area contributed by atoms with Gasteiger partial charge in [-0.2, -0.15) is 0 Å². The van der Waals surface area contributed by atoms with Crippen LogP contribution < -0.4 is 10.1 Å². The van der Waals surface area contributed by atoms with Crippen molar-refractivity contribution < 1.29 is 19.4 Å². The van der Waals surface area contributed by atoms with E-state index in [0.29, 0.717) is 36.7 Å². The summed E-state index contributed by atoms with van der Waals surface area (Å²) in [5, 5.41) is 13.1. The molecule has 1 unspecified atom stereocenters. The maximum Gasteiger partial charge on any atom is 0.311 e. The van der Waals surface area contributed by atoms with E-state index in [1.54, 1.807) is 37.1 Å². The number of piperidine rings is 1. The summed E-state index contributed by atoms with van der Waals surface area (Å²) in [6.07, 6.45) is 1.60. The Balaban J connectivity index is 1.89. The predicted octanol–water partition coefficient (Wildman–Crippen LogP) is 2.86. The molecule has 1 saturated heterocycles. The number of amides is 1. The number of hydrogen-bond acceptors (Lipinski definition) is 4. The number of carboxylic acid groups (broad SMARTS) is 1. The minimum absolute atomic E-state index is 0.0457. The van der Waals surface area contributed by atoms with Crippen molar-refractivity contribution in [1.82, 2.24) is 4.90 Å². The molecular formula is C17H23ClN2O4. The number of benzene rings is 1. The molecule has 1 aromatic rings. The number of carbonyl (C=O) groups is 2. The third kappa shape index (κ3) is 4.32. The SMILES string of the molecule is COc1ccc(Cl)cc1NCCC(=O)N1CCCC(C)(C(=O)O)C1. The monoisotopic (exact) mass is 354 g/mol. The van der Waals surface area contributed by atoms with Crippen LogP contribution >= 0.6 is 11.6 Å². The number of ether oxygens (including phenoxy) is 1. The molecule has 0 aromatic heterocycles. The summed E-state index contributed by atoms with van der Waals surface area (Å²) in [6.45, 7) is 3.00. The van der Waals surface area contributed by atoms with E-state index in [1.807, 2.05) is 0 Å². The highest BCUT2D eigenvalue weighted by Crippen LogP contribution is 2.30. The topological polar surface area (TPSA) is 78.9 Å². The summed E-state index contributed by atoms with van der Waals surface area (Å²) in [5.41, 5.74) is -0.121. The van der Waals surface area contributed by atoms with Gasteiger partial charge in [0.15, 0.2) is 0 Å². The zero-order chi connectivity index (χ0) is 17.7. The van der Waals surface area contributed by atoms with Gasteiger partial charge in [-0.3, -0.25) is 9.59 Å². The Morgan fingerprint density at radius 2 is 2.21 bits per heavy atom. The van der Waals surface area contributed by atoms with Crippen LogP contribution in [-0.4, -0.2) is 48.6 Å². The minimum atomic E-state index is -0.850. The van der Waals surface area contributed by atoms with Crippen LogP contribution in [0.5, 0.6) is 5.75 Å². The number of carbonyl (C=O) groups excluding carboxylic acids is 1. The van der Waals surface area contributed by atoms with Gasteiger partial charge in [0.25, 0.3) is 0 Å². The molecule has 1 aromatic carbocycles. The molecule has 6 nitrogen and oxygen atoms in total. The van der Waals surface area contributed by atoms with Crippen molar-refractivity contribution in [2.24, 2.45) is 5.41 Å². The first-order chi connectivity index (χ1) is 11.4. The Morgan fingerprint density at radius 1 is 1.46 bits per heavy atom. The highest BCUT2D eigenvalue weighted by molar-refractivity contribution is 6.30. The Bertz CT molecular complexity index is 623. The number of rotatable bonds is 6. The molecule has 1 amide bonds. The van der Waals surface area contributed by atoms with E-state index in [2.05, 4.69) is 5.32 Å². The molecule has 7 heteroatoms. The smallest absolute Gasteiger partial charge is 0.311 e. The second kappa shape index (κ2) is 7.75. The molecule has 0 spiro atoms. The zero-order valence-electron chi connectivity index (χ0n) is 14.0. The first-order valence-electron chi connectivity index (χ1n) is 7.94. The summed E-state index contributed by atoms with van der Waals surface area (Å²) >= 11 is 5.97. The van der Waals surface area contributed by atoms with Gasteiger partial charge in [-0.15, -0.1) is 0 Å². The van der Waals surface area contributed by atoms with E-state index in [4.69, 9.17) is 16.3 Å². The second-order valence-electron chi connectivity index (χ2n) is 6.31. The van der Waals surface area contributed by atoms with Crippen molar-refractivity contribution in [1.29, 1.82) is 0 Å². The molecule has 0 radical (unpaired) electrons. The van der Waals surface area contributed by atoms with Gasteiger partial charge in [-0.1, -0.05) is 11.6 Å². The first-order valence-corrected chi connectivity index (χ1v) is 8.32. The molecule has 24 heavy (non-hydrogen) atoms. The van der Waals surface area contributed by atoms with Crippen molar-refractivity contribution in [2.45, 2.75) is 26.2 Å². The molecule has 1 heterocycles. The molecule has 0 aliphatic carbocycles. The fourth-order valence-corrected chi connectivity index (χ4v) is 3.08. The summed E-state index contributed by atoms with van der Waals surface area (Å²) in [6, 6.07) is 5.24. The van der Waals surface area contributed by atoms with Gasteiger partial charge in [-0.25, -0.2) is 0 Å². The van der Waals surface area contributed by atoms with Gasteiger partial charge in [0, 0.05) is 31.1 Å². The van der Waals surface area contributed by atoms with E-state index < -0.39 is 11.4 Å². The van der Waals surface area contributed by atoms with Gasteiger partial charge in [0.05, 0.1) is 18.2 Å². The molecular weight excluding hydrogens is 332 g/mol. The maximum absolute atomic E-state index is 12.4. The highest BCUT2D eigenvalue weighted by atomic mass is 35.5. The lowest BCUT2D eigenvalue weighted by molar-refractivity contribution is -0.153. The van der Waals surface area contributed by atoms with Gasteiger partial charge in [-0.05, 0) is 38.0 Å². The Labute approximate surface area is 146 Å². The molecule has 1 fully saturated rings. The normalized spacial score (nSPS) is 20.5. The van der Waals surface area contributed by atoms with Gasteiger partial charge in [0.1, 0.15) is 5.75 Å². The molecule has 0 bridgehead atoms. The quantitative estimate of drug-likeness (QED) is 0.821. The van der Waals surface area contributed by atoms with Crippen molar-refractivity contribution in [3.63, 3.8) is 0 Å². The molecule has 1 atom stereocenters. The number of halogens is 1. The van der Waals surface area contributed by atoms with Crippen LogP contribution in [0.1, 0.15) is 26.2 Å². The molecule has 2 rings (SSSR count). The van der Waals surface area contributed by atoms with Crippen molar-refractivity contribution in [3.05, 3.63) is 23.2 Å². The van der Waals surface area contributed by atoms with Crippen molar-refractivity contribution in [2.75, 3.05) is 32.1 Å². The molecule has 2 N–H and O–H groups in total. The number of carboxylic acids is 1. The lowest BCUT2D eigenvalue weighted by atomic mass is 9.82. The third-order valence-electron chi connectivity index (χ3n) is 4.38. The van der Waals surface area contributed by atoms with Gasteiger partial charge < -0.3 is 20.1 Å². The Hall–Kier alpha value is -1.95. The molecule has 1 aliphatic rings. The van der Waals surface area contributed by atoms with Crippen LogP contribution in [0.3, 0.4) is 0 Å². The average Bonchev–Trinajstić information content (AvgIpc) is 2.55.